The van der Waals surface area contributed by atoms with Crippen molar-refractivity contribution >= 4 is 11.9 Å². The molecule has 1 heterocycles. The van der Waals surface area contributed by atoms with Gasteiger partial charge in [0, 0.05) is 19.5 Å². The van der Waals surface area contributed by atoms with Gasteiger partial charge in [0.15, 0.2) is 0 Å². The zero-order valence-corrected chi connectivity index (χ0v) is 10.7. The topological polar surface area (TPSA) is 114 Å². The van der Waals surface area contributed by atoms with Crippen LogP contribution in [0.1, 0.15) is 19.3 Å². The van der Waals surface area contributed by atoms with Gasteiger partial charge in [-0.15, -0.1) is 0 Å². The Bertz CT molecular complexity index is 366. The van der Waals surface area contributed by atoms with Crippen molar-refractivity contribution in [3.05, 3.63) is 0 Å². The fraction of sp³-hybridized carbons (Fsp3) is 0.750. The first-order valence-electron chi connectivity index (χ1n) is 6.31. The van der Waals surface area contributed by atoms with Gasteiger partial charge in [-0.1, -0.05) is 0 Å². The number of aliphatic hydroxyl groups excluding tert-OH is 1. The first-order chi connectivity index (χ1) is 9.08. The van der Waals surface area contributed by atoms with Crippen LogP contribution in [-0.2, 0) is 9.59 Å². The number of carbonyl (C=O) groups excluding carboxylic acids is 1. The number of carboxylic acids is 1. The molecule has 1 amide bonds. The number of piperidine rings is 1. The van der Waals surface area contributed by atoms with Crippen LogP contribution in [0.5, 0.6) is 0 Å². The molecule has 0 spiro atoms. The van der Waals surface area contributed by atoms with Gasteiger partial charge in [-0.3, -0.25) is 4.79 Å². The number of carbonyl (C=O) groups is 2. The summed E-state index contributed by atoms with van der Waals surface area (Å²) in [5.41, 5.74) is 0. The van der Waals surface area contributed by atoms with Crippen LogP contribution >= 0.6 is 0 Å². The lowest BCUT2D eigenvalue weighted by molar-refractivity contribution is -0.144. The Kier molecular flexibility index (Phi) is 6.25. The van der Waals surface area contributed by atoms with Crippen molar-refractivity contribution in [2.75, 3.05) is 26.2 Å². The Morgan fingerprint density at radius 3 is 2.84 bits per heavy atom. The Hall–Kier alpha value is -1.65. The third-order valence-corrected chi connectivity index (χ3v) is 3.21. The number of nitrogens with zero attached hydrogens (tertiary/aromatic N) is 2. The highest BCUT2D eigenvalue weighted by atomic mass is 16.4. The molecule has 1 saturated heterocycles. The molecule has 1 fully saturated rings. The van der Waals surface area contributed by atoms with Crippen molar-refractivity contribution < 1.29 is 19.8 Å². The normalized spacial score (nSPS) is 21.4. The second-order valence-corrected chi connectivity index (χ2v) is 4.63. The molecule has 0 radical (unpaired) electrons. The molecule has 106 valence electrons. The maximum absolute atomic E-state index is 11.9. The van der Waals surface area contributed by atoms with E-state index in [0.717, 1.165) is 13.0 Å². The largest absolute Gasteiger partial charge is 0.480 e. The fourth-order valence-electron chi connectivity index (χ4n) is 2.16. The molecule has 3 N–H and O–H groups in total. The molecule has 0 aliphatic carbocycles. The molecule has 19 heavy (non-hydrogen) atoms. The third-order valence-electron chi connectivity index (χ3n) is 3.21. The summed E-state index contributed by atoms with van der Waals surface area (Å²) in [5, 5.41) is 28.5. The van der Waals surface area contributed by atoms with Crippen molar-refractivity contribution in [1.29, 1.82) is 5.26 Å². The van der Waals surface area contributed by atoms with Gasteiger partial charge in [-0.2, -0.15) is 5.26 Å². The number of carboxylic acid groups (broad SMARTS) is 1. The van der Waals surface area contributed by atoms with E-state index < -0.39 is 18.6 Å². The predicted octanol–water partition coefficient (Wildman–Crippen LogP) is -0.826. The lowest BCUT2D eigenvalue weighted by Crippen LogP contribution is -2.49. The summed E-state index contributed by atoms with van der Waals surface area (Å²) in [4.78, 5) is 24.7. The molecule has 0 aromatic heterocycles. The zero-order chi connectivity index (χ0) is 14.3. The molecular weight excluding hydrogens is 250 g/mol. The van der Waals surface area contributed by atoms with Gasteiger partial charge in [-0.05, 0) is 19.4 Å². The zero-order valence-electron chi connectivity index (χ0n) is 10.7. The lowest BCUT2D eigenvalue weighted by atomic mass is 9.96. The molecule has 7 nitrogen and oxygen atoms in total. The summed E-state index contributed by atoms with van der Waals surface area (Å²) in [6, 6.07) is 0.814. The molecule has 1 rings (SSSR count). The minimum atomic E-state index is -1.25. The van der Waals surface area contributed by atoms with E-state index in [1.54, 1.807) is 0 Å². The molecule has 0 bridgehead atoms. The van der Waals surface area contributed by atoms with Crippen LogP contribution in [0.2, 0.25) is 0 Å². The standard InChI is InChI=1S/C12H19N3O4/c13-4-2-6-15-5-1-3-9(7-15)11(17)14-10(8-16)12(18)19/h9-10,16H,1-3,5-8H2,(H,14,17)(H,18,19). The highest BCUT2D eigenvalue weighted by molar-refractivity contribution is 5.85. The van der Waals surface area contributed by atoms with E-state index in [0.29, 0.717) is 25.9 Å². The SMILES string of the molecule is N#CCCN1CCCC(C(=O)NC(CO)C(=O)O)C1. The van der Waals surface area contributed by atoms with Gasteiger partial charge in [0.25, 0.3) is 0 Å². The minimum Gasteiger partial charge on any atom is -0.480 e. The number of amides is 1. The summed E-state index contributed by atoms with van der Waals surface area (Å²) in [6.07, 6.45) is 1.97. The van der Waals surface area contributed by atoms with E-state index in [-0.39, 0.29) is 11.8 Å². The van der Waals surface area contributed by atoms with Crippen LogP contribution in [-0.4, -0.2) is 59.3 Å². The average Bonchev–Trinajstić information content (AvgIpc) is 2.42. The molecule has 2 atom stereocenters. The van der Waals surface area contributed by atoms with Gasteiger partial charge in [0.1, 0.15) is 6.04 Å². The number of aliphatic hydroxyl groups is 1. The van der Waals surface area contributed by atoms with Crippen molar-refractivity contribution in [3.8, 4) is 6.07 Å². The molecule has 0 aromatic rings. The van der Waals surface area contributed by atoms with Crippen molar-refractivity contribution in [2.24, 2.45) is 5.92 Å². The molecular formula is C12H19N3O4. The first-order valence-corrected chi connectivity index (χ1v) is 6.31. The summed E-state index contributed by atoms with van der Waals surface area (Å²) in [6.45, 7) is 1.40. The second-order valence-electron chi connectivity index (χ2n) is 4.63. The molecule has 7 heteroatoms. The number of aliphatic carboxylic acids is 1. The number of hydrogen-bond donors (Lipinski definition) is 3. The van der Waals surface area contributed by atoms with Gasteiger partial charge < -0.3 is 20.4 Å². The Balaban J connectivity index is 2.47. The van der Waals surface area contributed by atoms with Gasteiger partial charge in [0.05, 0.1) is 18.6 Å². The van der Waals surface area contributed by atoms with E-state index >= 15 is 0 Å². The Morgan fingerprint density at radius 2 is 2.26 bits per heavy atom. The number of hydrogen-bond acceptors (Lipinski definition) is 5. The van der Waals surface area contributed by atoms with Gasteiger partial charge in [0.2, 0.25) is 5.91 Å². The van der Waals surface area contributed by atoms with E-state index in [1.165, 1.54) is 0 Å². The average molecular weight is 269 g/mol. The van der Waals surface area contributed by atoms with Crippen molar-refractivity contribution in [2.45, 2.75) is 25.3 Å². The summed E-state index contributed by atoms with van der Waals surface area (Å²) >= 11 is 0. The Morgan fingerprint density at radius 1 is 1.53 bits per heavy atom. The van der Waals surface area contributed by atoms with E-state index in [4.69, 9.17) is 15.5 Å². The molecule has 0 saturated carbocycles. The summed E-state index contributed by atoms with van der Waals surface area (Å²) in [7, 11) is 0. The van der Waals surface area contributed by atoms with E-state index in [2.05, 4.69) is 11.4 Å². The smallest absolute Gasteiger partial charge is 0.328 e. The van der Waals surface area contributed by atoms with Crippen molar-refractivity contribution in [1.82, 2.24) is 10.2 Å². The van der Waals surface area contributed by atoms with Crippen molar-refractivity contribution in [3.63, 3.8) is 0 Å². The Labute approximate surface area is 111 Å². The van der Waals surface area contributed by atoms with Crippen LogP contribution in [0.4, 0.5) is 0 Å². The van der Waals surface area contributed by atoms with Gasteiger partial charge >= 0.3 is 5.97 Å². The van der Waals surface area contributed by atoms with Crippen LogP contribution in [0, 0.1) is 17.2 Å². The maximum atomic E-state index is 11.9. The minimum absolute atomic E-state index is 0.277. The fourth-order valence-corrected chi connectivity index (χ4v) is 2.16. The molecule has 1 aliphatic rings. The second kappa shape index (κ2) is 7.71. The third kappa shape index (κ3) is 4.85. The van der Waals surface area contributed by atoms with Crippen LogP contribution < -0.4 is 5.32 Å². The van der Waals surface area contributed by atoms with Crippen LogP contribution in [0.25, 0.3) is 0 Å². The number of nitrogens with one attached hydrogen (secondary N) is 1. The molecule has 0 aromatic carbocycles. The lowest BCUT2D eigenvalue weighted by Gasteiger charge is -2.31. The number of likely N-dealkylation sites (tertiary alicyclic amines) is 1. The number of rotatable bonds is 6. The first kappa shape index (κ1) is 15.4. The summed E-state index contributed by atoms with van der Waals surface area (Å²) in [5.74, 6) is -1.86. The number of nitriles is 1. The van der Waals surface area contributed by atoms with Gasteiger partial charge in [-0.25, -0.2) is 4.79 Å². The monoisotopic (exact) mass is 269 g/mol. The summed E-state index contributed by atoms with van der Waals surface area (Å²) < 4.78 is 0. The molecule has 1 aliphatic heterocycles. The van der Waals surface area contributed by atoms with E-state index in [1.807, 2.05) is 4.90 Å². The van der Waals surface area contributed by atoms with E-state index in [9.17, 15) is 9.59 Å². The van der Waals surface area contributed by atoms with Crippen LogP contribution in [0.15, 0.2) is 0 Å². The highest BCUT2D eigenvalue weighted by Crippen LogP contribution is 2.16. The van der Waals surface area contributed by atoms with Crippen LogP contribution in [0.3, 0.4) is 0 Å². The highest BCUT2D eigenvalue weighted by Gasteiger charge is 2.28. The molecule has 2 unspecified atom stereocenters. The maximum Gasteiger partial charge on any atom is 0.328 e. The quantitative estimate of drug-likeness (QED) is 0.580. The predicted molar refractivity (Wildman–Crippen MR) is 66.0 cm³/mol.